The van der Waals surface area contributed by atoms with Crippen LogP contribution in [-0.4, -0.2) is 4.57 Å². The molecule has 0 saturated carbocycles. The van der Waals surface area contributed by atoms with Gasteiger partial charge in [0, 0.05) is 70.0 Å². The fourth-order valence-corrected chi connectivity index (χ4v) is 9.98. The lowest BCUT2D eigenvalue weighted by atomic mass is 10.0. The topological polar surface area (TPSA) is 21.3 Å². The van der Waals surface area contributed by atoms with Gasteiger partial charge in [-0.1, -0.05) is 115 Å². The van der Waals surface area contributed by atoms with Crippen molar-refractivity contribution >= 4 is 103 Å². The highest BCUT2D eigenvalue weighted by molar-refractivity contribution is 7.26. The molecule has 0 aliphatic heterocycles. The van der Waals surface area contributed by atoms with Gasteiger partial charge in [-0.05, 0) is 95.2 Å². The molecule has 262 valence electrons. The number of rotatable bonds is 5. The molecule has 0 radical (unpaired) electrons. The number of hydrogen-bond acceptors (Lipinski definition) is 3. The number of aromatic nitrogens is 1. The quantitative estimate of drug-likeness (QED) is 0.176. The van der Waals surface area contributed by atoms with Crippen LogP contribution in [0.3, 0.4) is 0 Å². The summed E-state index contributed by atoms with van der Waals surface area (Å²) in [6.07, 6.45) is 0. The highest BCUT2D eigenvalue weighted by Gasteiger charge is 2.19. The maximum absolute atomic E-state index is 6.24. The average Bonchev–Trinajstić information content (AvgIpc) is 3.93. The molecular formula is C52H32N2OS. The third-order valence-corrected chi connectivity index (χ3v) is 12.6. The smallest absolute Gasteiger partial charge is 0.135 e. The van der Waals surface area contributed by atoms with Gasteiger partial charge < -0.3 is 13.9 Å². The molecule has 0 saturated heterocycles. The Bertz CT molecular complexity index is 3440. The van der Waals surface area contributed by atoms with Crippen molar-refractivity contribution in [1.82, 2.24) is 4.57 Å². The SMILES string of the molecule is c1ccc2cc(N(c3ccc(-c4cc(-n5c6ccccc6c6ccccc65)cc5c4sc4ccccc45)cc3)c3ccc4oc5ccccc5c4c3)ccc2c1. The number of hydrogen-bond donors (Lipinski definition) is 0. The van der Waals surface area contributed by atoms with Crippen LogP contribution in [0.1, 0.15) is 0 Å². The maximum Gasteiger partial charge on any atom is 0.135 e. The minimum atomic E-state index is 0.888. The van der Waals surface area contributed by atoms with E-state index in [4.69, 9.17) is 4.42 Å². The molecule has 0 unspecified atom stereocenters. The second-order valence-corrected chi connectivity index (χ2v) is 15.6. The summed E-state index contributed by atoms with van der Waals surface area (Å²) in [4.78, 5) is 2.36. The van der Waals surface area contributed by atoms with Crippen LogP contribution in [0.2, 0.25) is 0 Å². The van der Waals surface area contributed by atoms with Crippen LogP contribution in [0.25, 0.3) is 91.5 Å². The van der Waals surface area contributed by atoms with Gasteiger partial charge >= 0.3 is 0 Å². The third kappa shape index (κ3) is 4.76. The van der Waals surface area contributed by atoms with Gasteiger partial charge in [0.1, 0.15) is 11.2 Å². The predicted molar refractivity (Wildman–Crippen MR) is 239 cm³/mol. The minimum Gasteiger partial charge on any atom is -0.456 e. The Balaban J connectivity index is 1.06. The normalized spacial score (nSPS) is 11.9. The first-order valence-corrected chi connectivity index (χ1v) is 19.8. The van der Waals surface area contributed by atoms with Crippen molar-refractivity contribution in [2.24, 2.45) is 0 Å². The lowest BCUT2D eigenvalue weighted by Gasteiger charge is -2.26. The zero-order valence-corrected chi connectivity index (χ0v) is 31.0. The summed E-state index contributed by atoms with van der Waals surface area (Å²) in [6.45, 7) is 0. The van der Waals surface area contributed by atoms with Gasteiger partial charge in [-0.2, -0.15) is 0 Å². The van der Waals surface area contributed by atoms with Gasteiger partial charge in [-0.3, -0.25) is 0 Å². The number of para-hydroxylation sites is 3. The summed E-state index contributed by atoms with van der Waals surface area (Å²) in [5.41, 5.74) is 11.0. The van der Waals surface area contributed by atoms with Crippen molar-refractivity contribution in [2.75, 3.05) is 4.90 Å². The fourth-order valence-electron chi connectivity index (χ4n) is 8.76. The molecule has 3 nitrogen and oxygen atoms in total. The highest BCUT2D eigenvalue weighted by atomic mass is 32.1. The first-order chi connectivity index (χ1) is 27.7. The standard InChI is InChI=1S/C52H32N2OS/c1-2-12-35-29-37(26-21-33(35)11-1)53(38-27-28-50-45(30-38)42-15-5-9-19-49(42)55-50)36-24-22-34(23-25-36)44-31-39(32-46-43-16-6-10-20-51(43)56-52(44)46)54-47-17-7-3-13-40(47)41-14-4-8-18-48(41)54/h1-32H. The van der Waals surface area contributed by atoms with Crippen LogP contribution in [0.4, 0.5) is 17.1 Å². The lowest BCUT2D eigenvalue weighted by molar-refractivity contribution is 0.669. The first kappa shape index (κ1) is 31.2. The zero-order valence-electron chi connectivity index (χ0n) is 30.2. The number of thiophene rings is 1. The molecule has 0 bridgehead atoms. The largest absolute Gasteiger partial charge is 0.456 e. The van der Waals surface area contributed by atoms with E-state index in [0.717, 1.165) is 44.7 Å². The van der Waals surface area contributed by atoms with Crippen molar-refractivity contribution in [1.29, 1.82) is 0 Å². The van der Waals surface area contributed by atoms with Crippen LogP contribution >= 0.6 is 11.3 Å². The number of benzene rings is 9. The third-order valence-electron chi connectivity index (χ3n) is 11.3. The number of fused-ring (bicyclic) bond motifs is 10. The second kappa shape index (κ2) is 12.2. The van der Waals surface area contributed by atoms with Gasteiger partial charge in [-0.15, -0.1) is 11.3 Å². The molecule has 0 aliphatic rings. The zero-order chi connectivity index (χ0) is 36.7. The molecule has 9 aromatic carbocycles. The van der Waals surface area contributed by atoms with E-state index < -0.39 is 0 Å². The van der Waals surface area contributed by atoms with E-state index in [0.29, 0.717) is 0 Å². The van der Waals surface area contributed by atoms with Gasteiger partial charge in [0.25, 0.3) is 0 Å². The van der Waals surface area contributed by atoms with Gasteiger partial charge in [0.05, 0.1) is 11.0 Å². The number of anilines is 3. The molecular weight excluding hydrogens is 701 g/mol. The van der Waals surface area contributed by atoms with E-state index >= 15 is 0 Å². The van der Waals surface area contributed by atoms with E-state index in [2.05, 4.69) is 191 Å². The Morgan fingerprint density at radius 2 is 1.02 bits per heavy atom. The Labute approximate surface area is 326 Å². The Morgan fingerprint density at radius 3 is 1.82 bits per heavy atom. The molecule has 0 spiro atoms. The average molecular weight is 733 g/mol. The van der Waals surface area contributed by atoms with Gasteiger partial charge in [0.2, 0.25) is 0 Å². The van der Waals surface area contributed by atoms with E-state index in [1.54, 1.807) is 0 Å². The monoisotopic (exact) mass is 732 g/mol. The molecule has 0 fully saturated rings. The van der Waals surface area contributed by atoms with Crippen molar-refractivity contribution in [2.45, 2.75) is 0 Å². The van der Waals surface area contributed by atoms with Crippen LogP contribution in [0, 0.1) is 0 Å². The Hall–Kier alpha value is -7.14. The van der Waals surface area contributed by atoms with Crippen LogP contribution in [0.15, 0.2) is 199 Å². The maximum atomic E-state index is 6.24. The molecule has 12 aromatic rings. The van der Waals surface area contributed by atoms with Gasteiger partial charge in [-0.25, -0.2) is 0 Å². The van der Waals surface area contributed by atoms with E-state index in [9.17, 15) is 0 Å². The minimum absolute atomic E-state index is 0.888. The van der Waals surface area contributed by atoms with Crippen molar-refractivity contribution in [3.63, 3.8) is 0 Å². The molecule has 0 atom stereocenters. The highest BCUT2D eigenvalue weighted by Crippen LogP contribution is 2.45. The van der Waals surface area contributed by atoms with Crippen molar-refractivity contribution in [3.05, 3.63) is 194 Å². The molecule has 0 aliphatic carbocycles. The molecule has 0 amide bonds. The molecule has 3 aromatic heterocycles. The summed E-state index contributed by atoms with van der Waals surface area (Å²) < 4.78 is 11.3. The van der Waals surface area contributed by atoms with Crippen LogP contribution in [0.5, 0.6) is 0 Å². The lowest BCUT2D eigenvalue weighted by Crippen LogP contribution is -2.09. The van der Waals surface area contributed by atoms with E-state index in [1.807, 2.05) is 23.5 Å². The number of furan rings is 1. The summed E-state index contributed by atoms with van der Waals surface area (Å²) in [7, 11) is 0. The second-order valence-electron chi connectivity index (χ2n) is 14.5. The summed E-state index contributed by atoms with van der Waals surface area (Å²) >= 11 is 1.88. The van der Waals surface area contributed by atoms with E-state index in [-0.39, 0.29) is 0 Å². The fraction of sp³-hybridized carbons (Fsp3) is 0. The summed E-state index contributed by atoms with van der Waals surface area (Å²) in [6, 6.07) is 70.4. The molecule has 12 rings (SSSR count). The molecule has 56 heavy (non-hydrogen) atoms. The summed E-state index contributed by atoms with van der Waals surface area (Å²) in [5.74, 6) is 0. The van der Waals surface area contributed by atoms with Crippen LogP contribution < -0.4 is 4.90 Å². The van der Waals surface area contributed by atoms with Gasteiger partial charge in [0.15, 0.2) is 0 Å². The van der Waals surface area contributed by atoms with Crippen molar-refractivity contribution < 1.29 is 4.42 Å². The molecule has 0 N–H and O–H groups in total. The number of nitrogens with zero attached hydrogens (tertiary/aromatic N) is 2. The molecule has 4 heteroatoms. The first-order valence-electron chi connectivity index (χ1n) is 19.0. The molecule has 3 heterocycles. The predicted octanol–water partition coefficient (Wildman–Crippen LogP) is 15.3. The summed E-state index contributed by atoms with van der Waals surface area (Å²) in [5, 5.41) is 9.75. The van der Waals surface area contributed by atoms with Crippen LogP contribution in [-0.2, 0) is 0 Å². The Morgan fingerprint density at radius 1 is 0.411 bits per heavy atom. The Kier molecular flexibility index (Phi) is 6.80. The van der Waals surface area contributed by atoms with Crippen molar-refractivity contribution in [3.8, 4) is 16.8 Å². The van der Waals surface area contributed by atoms with E-state index in [1.165, 1.54) is 63.9 Å².